The van der Waals surface area contributed by atoms with Gasteiger partial charge in [-0.1, -0.05) is 30.3 Å². The molecule has 0 bridgehead atoms. The number of alkyl carbamates (subject to hydrolysis) is 1. The molecule has 1 saturated heterocycles. The van der Waals surface area contributed by atoms with Crippen molar-refractivity contribution in [1.82, 2.24) is 10.2 Å². The van der Waals surface area contributed by atoms with Gasteiger partial charge in [0.1, 0.15) is 5.60 Å². The number of carbonyl (C=O) groups is 1. The highest BCUT2D eigenvalue weighted by Gasteiger charge is 2.22. The second-order valence-corrected chi connectivity index (χ2v) is 6.95. The maximum atomic E-state index is 12.1. The van der Waals surface area contributed by atoms with Gasteiger partial charge < -0.3 is 14.8 Å². The van der Waals surface area contributed by atoms with Crippen LogP contribution >= 0.6 is 0 Å². The number of amides is 1. The van der Waals surface area contributed by atoms with Gasteiger partial charge in [0.05, 0.1) is 13.2 Å². The number of nitrogens with zero attached hydrogens (tertiary/aromatic N) is 1. The Morgan fingerprint density at radius 3 is 2.52 bits per heavy atom. The SMILES string of the molecule is CC(C)(C)OC(=O)NC(Cc1ccccc1)CN1CCOCC1. The number of carbonyl (C=O) groups excluding carboxylic acids is 1. The Morgan fingerprint density at radius 1 is 1.26 bits per heavy atom. The minimum atomic E-state index is -0.486. The molecule has 1 fully saturated rings. The van der Waals surface area contributed by atoms with Crippen LogP contribution in [0.25, 0.3) is 0 Å². The number of morpholine rings is 1. The van der Waals surface area contributed by atoms with Crippen LogP contribution in [0.2, 0.25) is 0 Å². The van der Waals surface area contributed by atoms with Crippen LogP contribution in [0.1, 0.15) is 26.3 Å². The third kappa shape index (κ3) is 7.01. The van der Waals surface area contributed by atoms with E-state index in [1.54, 1.807) is 0 Å². The van der Waals surface area contributed by atoms with Crippen molar-refractivity contribution in [2.45, 2.75) is 38.8 Å². The van der Waals surface area contributed by atoms with E-state index in [4.69, 9.17) is 9.47 Å². The van der Waals surface area contributed by atoms with Gasteiger partial charge in [-0.25, -0.2) is 4.79 Å². The largest absolute Gasteiger partial charge is 0.444 e. The van der Waals surface area contributed by atoms with Gasteiger partial charge >= 0.3 is 6.09 Å². The van der Waals surface area contributed by atoms with Crippen molar-refractivity contribution in [2.75, 3.05) is 32.8 Å². The second kappa shape index (κ2) is 8.31. The Kier molecular flexibility index (Phi) is 6.42. The summed E-state index contributed by atoms with van der Waals surface area (Å²) < 4.78 is 10.8. The first-order valence-corrected chi connectivity index (χ1v) is 8.26. The molecule has 1 aromatic rings. The molecule has 0 aliphatic carbocycles. The minimum Gasteiger partial charge on any atom is -0.444 e. The molecule has 1 amide bonds. The number of hydrogen-bond acceptors (Lipinski definition) is 4. The first-order valence-electron chi connectivity index (χ1n) is 8.26. The topological polar surface area (TPSA) is 50.8 Å². The zero-order chi connectivity index (χ0) is 16.7. The molecule has 0 spiro atoms. The Labute approximate surface area is 139 Å². The molecule has 1 unspecified atom stereocenters. The first-order chi connectivity index (χ1) is 10.9. The second-order valence-electron chi connectivity index (χ2n) is 6.95. The number of ether oxygens (including phenoxy) is 2. The number of rotatable bonds is 5. The predicted molar refractivity (Wildman–Crippen MR) is 90.6 cm³/mol. The van der Waals surface area contributed by atoms with E-state index >= 15 is 0 Å². The lowest BCUT2D eigenvalue weighted by Gasteiger charge is -2.31. The summed E-state index contributed by atoms with van der Waals surface area (Å²) in [6.45, 7) is 9.75. The summed E-state index contributed by atoms with van der Waals surface area (Å²) in [7, 11) is 0. The van der Waals surface area contributed by atoms with Gasteiger partial charge in [-0.3, -0.25) is 4.90 Å². The van der Waals surface area contributed by atoms with E-state index < -0.39 is 5.60 Å². The smallest absolute Gasteiger partial charge is 0.407 e. The van der Waals surface area contributed by atoms with Crippen LogP contribution in [0.15, 0.2) is 30.3 Å². The molecule has 2 rings (SSSR count). The van der Waals surface area contributed by atoms with Gasteiger partial charge in [0.15, 0.2) is 0 Å². The third-order valence-electron chi connectivity index (χ3n) is 3.63. The summed E-state index contributed by atoms with van der Waals surface area (Å²) in [4.78, 5) is 14.5. The van der Waals surface area contributed by atoms with Gasteiger partial charge in [0, 0.05) is 25.7 Å². The lowest BCUT2D eigenvalue weighted by molar-refractivity contribution is 0.0290. The molecule has 1 atom stereocenters. The fourth-order valence-corrected chi connectivity index (χ4v) is 2.63. The van der Waals surface area contributed by atoms with Crippen LogP contribution in [0.5, 0.6) is 0 Å². The van der Waals surface area contributed by atoms with E-state index in [9.17, 15) is 4.79 Å². The zero-order valence-electron chi connectivity index (χ0n) is 14.4. The summed E-state index contributed by atoms with van der Waals surface area (Å²) >= 11 is 0. The van der Waals surface area contributed by atoms with Crippen LogP contribution in [0, 0.1) is 0 Å². The molecule has 0 radical (unpaired) electrons. The summed E-state index contributed by atoms with van der Waals surface area (Å²) in [5.41, 5.74) is 0.724. The molecule has 5 nitrogen and oxygen atoms in total. The molecular formula is C18H28N2O3. The highest BCUT2D eigenvalue weighted by molar-refractivity contribution is 5.68. The molecule has 1 aliphatic rings. The van der Waals surface area contributed by atoms with Gasteiger partial charge in [0.25, 0.3) is 0 Å². The minimum absolute atomic E-state index is 0.0188. The molecule has 1 aromatic carbocycles. The maximum Gasteiger partial charge on any atom is 0.407 e. The van der Waals surface area contributed by atoms with Crippen LogP contribution < -0.4 is 5.32 Å². The average molecular weight is 320 g/mol. The van der Waals surface area contributed by atoms with Crippen molar-refractivity contribution >= 4 is 6.09 Å². The van der Waals surface area contributed by atoms with E-state index in [0.717, 1.165) is 39.3 Å². The fourth-order valence-electron chi connectivity index (χ4n) is 2.63. The van der Waals surface area contributed by atoms with Crippen molar-refractivity contribution in [3.05, 3.63) is 35.9 Å². The van der Waals surface area contributed by atoms with Crippen molar-refractivity contribution in [3.8, 4) is 0 Å². The quantitative estimate of drug-likeness (QED) is 0.905. The van der Waals surface area contributed by atoms with Crippen LogP contribution in [0.3, 0.4) is 0 Å². The van der Waals surface area contributed by atoms with Crippen LogP contribution in [-0.4, -0.2) is 55.5 Å². The van der Waals surface area contributed by atoms with Gasteiger partial charge in [0.2, 0.25) is 0 Å². The average Bonchev–Trinajstić information content (AvgIpc) is 2.47. The highest BCUT2D eigenvalue weighted by Crippen LogP contribution is 2.10. The maximum absolute atomic E-state index is 12.1. The van der Waals surface area contributed by atoms with Gasteiger partial charge in [-0.15, -0.1) is 0 Å². The molecule has 0 saturated carbocycles. The van der Waals surface area contributed by atoms with Crippen LogP contribution in [0.4, 0.5) is 4.79 Å². The Balaban J connectivity index is 1.96. The van der Waals surface area contributed by atoms with Crippen molar-refractivity contribution in [3.63, 3.8) is 0 Å². The molecule has 1 aliphatic heterocycles. The molecular weight excluding hydrogens is 292 g/mol. The van der Waals surface area contributed by atoms with Crippen LogP contribution in [-0.2, 0) is 15.9 Å². The van der Waals surface area contributed by atoms with Crippen molar-refractivity contribution in [2.24, 2.45) is 0 Å². The lowest BCUT2D eigenvalue weighted by Crippen LogP contribution is -2.49. The molecule has 128 valence electrons. The monoisotopic (exact) mass is 320 g/mol. The van der Waals surface area contributed by atoms with E-state index in [1.807, 2.05) is 39.0 Å². The van der Waals surface area contributed by atoms with Gasteiger partial charge in [-0.05, 0) is 32.8 Å². The summed E-state index contributed by atoms with van der Waals surface area (Å²) in [5, 5.41) is 3.03. The van der Waals surface area contributed by atoms with E-state index in [-0.39, 0.29) is 12.1 Å². The molecule has 1 N–H and O–H groups in total. The molecule has 0 aromatic heterocycles. The summed E-state index contributed by atoms with van der Waals surface area (Å²) in [6.07, 6.45) is 0.434. The Bertz CT molecular complexity index is 479. The normalized spacial score (nSPS) is 17.5. The Hall–Kier alpha value is -1.59. The van der Waals surface area contributed by atoms with Crippen molar-refractivity contribution < 1.29 is 14.3 Å². The lowest BCUT2D eigenvalue weighted by atomic mass is 10.1. The standard InChI is InChI=1S/C18H28N2O3/c1-18(2,3)23-17(21)19-16(13-15-7-5-4-6-8-15)14-20-9-11-22-12-10-20/h4-8,16H,9-14H2,1-3H3,(H,19,21). The van der Waals surface area contributed by atoms with E-state index in [0.29, 0.717) is 0 Å². The first kappa shape index (κ1) is 17.8. The third-order valence-corrected chi connectivity index (χ3v) is 3.63. The summed E-state index contributed by atoms with van der Waals surface area (Å²) in [5.74, 6) is 0. The van der Waals surface area contributed by atoms with E-state index in [2.05, 4.69) is 22.3 Å². The number of nitrogens with one attached hydrogen (secondary N) is 1. The molecule has 23 heavy (non-hydrogen) atoms. The zero-order valence-corrected chi connectivity index (χ0v) is 14.4. The predicted octanol–water partition coefficient (Wildman–Crippen LogP) is 2.45. The number of benzene rings is 1. The molecule has 5 heteroatoms. The Morgan fingerprint density at radius 2 is 1.91 bits per heavy atom. The highest BCUT2D eigenvalue weighted by atomic mass is 16.6. The van der Waals surface area contributed by atoms with Crippen molar-refractivity contribution in [1.29, 1.82) is 0 Å². The van der Waals surface area contributed by atoms with Gasteiger partial charge in [-0.2, -0.15) is 0 Å². The number of hydrogen-bond donors (Lipinski definition) is 1. The fraction of sp³-hybridized carbons (Fsp3) is 0.611. The molecule has 1 heterocycles. The van der Waals surface area contributed by atoms with E-state index in [1.165, 1.54) is 5.56 Å². The summed E-state index contributed by atoms with van der Waals surface area (Å²) in [6, 6.07) is 10.2.